The van der Waals surface area contributed by atoms with E-state index in [4.69, 9.17) is 4.74 Å². The van der Waals surface area contributed by atoms with Crippen molar-refractivity contribution in [3.8, 4) is 0 Å². The average molecular weight is 232 g/mol. The highest BCUT2D eigenvalue weighted by Gasteiger charge is 2.36. The Morgan fingerprint density at radius 2 is 2.35 bits per heavy atom. The standard InChI is InChI=1S/C12H16N4O/c1-17-12(5-2-6-12)9-13-10-4-8-16-11(15-10)3-7-14-16/h3-4,7-8H,2,5-6,9H2,1H3,(H,13,15). The van der Waals surface area contributed by atoms with E-state index in [9.17, 15) is 0 Å². The van der Waals surface area contributed by atoms with Gasteiger partial charge in [-0.3, -0.25) is 0 Å². The number of nitrogens with zero attached hydrogens (tertiary/aromatic N) is 3. The van der Waals surface area contributed by atoms with Gasteiger partial charge in [0.05, 0.1) is 11.8 Å². The molecule has 5 nitrogen and oxygen atoms in total. The first kappa shape index (κ1) is 10.5. The second-order valence-electron chi connectivity index (χ2n) is 4.54. The third kappa shape index (κ3) is 1.86. The zero-order chi connectivity index (χ0) is 11.7. The van der Waals surface area contributed by atoms with Crippen molar-refractivity contribution in [2.24, 2.45) is 0 Å². The molecule has 5 heteroatoms. The predicted octanol–water partition coefficient (Wildman–Crippen LogP) is 1.71. The van der Waals surface area contributed by atoms with Gasteiger partial charge in [0.25, 0.3) is 0 Å². The Kier molecular flexibility index (Phi) is 2.48. The van der Waals surface area contributed by atoms with Gasteiger partial charge in [0.1, 0.15) is 5.82 Å². The summed E-state index contributed by atoms with van der Waals surface area (Å²) in [6.07, 6.45) is 7.17. The van der Waals surface area contributed by atoms with Crippen molar-refractivity contribution in [3.05, 3.63) is 24.5 Å². The van der Waals surface area contributed by atoms with Crippen molar-refractivity contribution < 1.29 is 4.74 Å². The van der Waals surface area contributed by atoms with Crippen LogP contribution in [0.5, 0.6) is 0 Å². The molecular formula is C12H16N4O. The van der Waals surface area contributed by atoms with Crippen molar-refractivity contribution in [3.63, 3.8) is 0 Å². The zero-order valence-corrected chi connectivity index (χ0v) is 9.89. The molecule has 1 fully saturated rings. The van der Waals surface area contributed by atoms with Crippen LogP contribution in [0, 0.1) is 0 Å². The van der Waals surface area contributed by atoms with Crippen LogP contribution in [0.3, 0.4) is 0 Å². The Hall–Kier alpha value is -1.62. The van der Waals surface area contributed by atoms with Crippen LogP contribution in [-0.2, 0) is 4.74 Å². The van der Waals surface area contributed by atoms with Crippen LogP contribution >= 0.6 is 0 Å². The molecule has 2 heterocycles. The van der Waals surface area contributed by atoms with Gasteiger partial charge in [0, 0.05) is 25.9 Å². The Balaban J connectivity index is 1.71. The van der Waals surface area contributed by atoms with Crippen LogP contribution in [0.2, 0.25) is 0 Å². The normalized spacial score (nSPS) is 17.9. The summed E-state index contributed by atoms with van der Waals surface area (Å²) in [5, 5.41) is 7.46. The van der Waals surface area contributed by atoms with Gasteiger partial charge in [-0.2, -0.15) is 5.10 Å². The fourth-order valence-corrected chi connectivity index (χ4v) is 2.19. The first-order chi connectivity index (χ1) is 8.31. The molecule has 1 saturated carbocycles. The smallest absolute Gasteiger partial charge is 0.157 e. The van der Waals surface area contributed by atoms with Crippen molar-refractivity contribution in [1.82, 2.24) is 14.6 Å². The molecule has 0 saturated heterocycles. The van der Waals surface area contributed by atoms with E-state index in [1.165, 1.54) is 6.42 Å². The van der Waals surface area contributed by atoms with E-state index in [-0.39, 0.29) is 5.60 Å². The molecule has 1 aliphatic rings. The summed E-state index contributed by atoms with van der Waals surface area (Å²) in [7, 11) is 1.79. The minimum absolute atomic E-state index is 0.0219. The monoisotopic (exact) mass is 232 g/mol. The molecule has 1 aliphatic carbocycles. The number of ether oxygens (including phenoxy) is 1. The molecule has 2 aromatic rings. The van der Waals surface area contributed by atoms with E-state index in [1.807, 2.05) is 18.3 Å². The molecule has 90 valence electrons. The topological polar surface area (TPSA) is 51.5 Å². The summed E-state index contributed by atoms with van der Waals surface area (Å²) < 4.78 is 7.31. The van der Waals surface area contributed by atoms with Crippen LogP contribution in [-0.4, -0.2) is 33.9 Å². The van der Waals surface area contributed by atoms with E-state index < -0.39 is 0 Å². The molecule has 0 spiro atoms. The number of hydrogen-bond donors (Lipinski definition) is 1. The Morgan fingerprint density at radius 1 is 1.47 bits per heavy atom. The molecule has 0 atom stereocenters. The Labute approximate surface area is 99.8 Å². The molecule has 1 N–H and O–H groups in total. The summed E-state index contributed by atoms with van der Waals surface area (Å²) >= 11 is 0. The third-order valence-electron chi connectivity index (χ3n) is 3.55. The van der Waals surface area contributed by atoms with Crippen LogP contribution in [0.15, 0.2) is 24.5 Å². The molecular weight excluding hydrogens is 216 g/mol. The third-order valence-corrected chi connectivity index (χ3v) is 3.55. The molecule has 3 rings (SSSR count). The van der Waals surface area contributed by atoms with E-state index in [0.29, 0.717) is 0 Å². The zero-order valence-electron chi connectivity index (χ0n) is 9.89. The quantitative estimate of drug-likeness (QED) is 0.872. The molecule has 0 aromatic carbocycles. The van der Waals surface area contributed by atoms with Gasteiger partial charge in [-0.05, 0) is 25.3 Å². The largest absolute Gasteiger partial charge is 0.376 e. The number of aromatic nitrogens is 3. The molecule has 0 unspecified atom stereocenters. The summed E-state index contributed by atoms with van der Waals surface area (Å²) in [5.41, 5.74) is 0.878. The second kappa shape index (κ2) is 4.00. The van der Waals surface area contributed by atoms with E-state index >= 15 is 0 Å². The molecule has 17 heavy (non-hydrogen) atoms. The maximum Gasteiger partial charge on any atom is 0.157 e. The van der Waals surface area contributed by atoms with Crippen LogP contribution in [0.4, 0.5) is 5.82 Å². The van der Waals surface area contributed by atoms with E-state index in [1.54, 1.807) is 17.8 Å². The van der Waals surface area contributed by atoms with Crippen molar-refractivity contribution in [2.45, 2.75) is 24.9 Å². The molecule has 0 aliphatic heterocycles. The Morgan fingerprint density at radius 3 is 3.06 bits per heavy atom. The first-order valence-electron chi connectivity index (χ1n) is 5.91. The lowest BCUT2D eigenvalue weighted by atomic mass is 9.80. The molecule has 2 aromatic heterocycles. The number of nitrogens with one attached hydrogen (secondary N) is 1. The van der Waals surface area contributed by atoms with E-state index in [0.717, 1.165) is 30.9 Å². The summed E-state index contributed by atoms with van der Waals surface area (Å²) in [5.74, 6) is 0.876. The molecule has 0 amide bonds. The maximum atomic E-state index is 5.56. The number of anilines is 1. The fourth-order valence-electron chi connectivity index (χ4n) is 2.19. The molecule has 0 radical (unpaired) electrons. The van der Waals surface area contributed by atoms with E-state index in [2.05, 4.69) is 15.4 Å². The van der Waals surface area contributed by atoms with Crippen molar-refractivity contribution in [2.75, 3.05) is 19.0 Å². The SMILES string of the molecule is COC1(CNc2ccn3nccc3n2)CCC1. The van der Waals surface area contributed by atoms with Gasteiger partial charge in [0.15, 0.2) is 5.65 Å². The number of methoxy groups -OCH3 is 1. The first-order valence-corrected chi connectivity index (χ1v) is 5.91. The highest BCUT2D eigenvalue weighted by molar-refractivity contribution is 5.45. The number of hydrogen-bond acceptors (Lipinski definition) is 4. The highest BCUT2D eigenvalue weighted by Crippen LogP contribution is 2.34. The predicted molar refractivity (Wildman–Crippen MR) is 65.1 cm³/mol. The fraction of sp³-hybridized carbons (Fsp3) is 0.500. The lowest BCUT2D eigenvalue weighted by molar-refractivity contribution is -0.0601. The lowest BCUT2D eigenvalue weighted by Crippen LogP contribution is -2.45. The van der Waals surface area contributed by atoms with Crippen LogP contribution < -0.4 is 5.32 Å². The minimum Gasteiger partial charge on any atom is -0.376 e. The second-order valence-corrected chi connectivity index (χ2v) is 4.54. The summed E-state index contributed by atoms with van der Waals surface area (Å²) in [6, 6.07) is 3.82. The lowest BCUT2D eigenvalue weighted by Gasteiger charge is -2.40. The van der Waals surface area contributed by atoms with Gasteiger partial charge in [-0.15, -0.1) is 0 Å². The van der Waals surface area contributed by atoms with Crippen LogP contribution in [0.25, 0.3) is 5.65 Å². The molecule has 0 bridgehead atoms. The minimum atomic E-state index is 0.0219. The summed E-state index contributed by atoms with van der Waals surface area (Å²) in [6.45, 7) is 0.820. The van der Waals surface area contributed by atoms with Crippen molar-refractivity contribution >= 4 is 11.5 Å². The number of fused-ring (bicyclic) bond motifs is 1. The number of rotatable bonds is 4. The van der Waals surface area contributed by atoms with Crippen LogP contribution in [0.1, 0.15) is 19.3 Å². The van der Waals surface area contributed by atoms with Gasteiger partial charge in [-0.1, -0.05) is 0 Å². The maximum absolute atomic E-state index is 5.56. The van der Waals surface area contributed by atoms with Gasteiger partial charge < -0.3 is 10.1 Å². The summed E-state index contributed by atoms with van der Waals surface area (Å²) in [4.78, 5) is 4.46. The van der Waals surface area contributed by atoms with Gasteiger partial charge >= 0.3 is 0 Å². The van der Waals surface area contributed by atoms with Crippen molar-refractivity contribution in [1.29, 1.82) is 0 Å². The van der Waals surface area contributed by atoms with Gasteiger partial charge in [-0.25, -0.2) is 9.50 Å². The Bertz CT molecular complexity index is 512. The average Bonchev–Trinajstić information content (AvgIpc) is 2.75. The van der Waals surface area contributed by atoms with Gasteiger partial charge in [0.2, 0.25) is 0 Å². The highest BCUT2D eigenvalue weighted by atomic mass is 16.5.